The zero-order valence-corrected chi connectivity index (χ0v) is 20.0. The highest BCUT2D eigenvalue weighted by atomic mass is 19.2. The van der Waals surface area contributed by atoms with Gasteiger partial charge in [0.05, 0.1) is 16.8 Å². The summed E-state index contributed by atoms with van der Waals surface area (Å²) in [7, 11) is 0. The molecule has 3 N–H and O–H groups in total. The van der Waals surface area contributed by atoms with E-state index in [-0.39, 0.29) is 29.4 Å². The Bertz CT molecular complexity index is 1650. The molecule has 3 heterocycles. The van der Waals surface area contributed by atoms with Gasteiger partial charge in [0.15, 0.2) is 17.4 Å². The minimum atomic E-state index is -1.05. The molecule has 1 aliphatic heterocycles. The predicted molar refractivity (Wildman–Crippen MR) is 142 cm³/mol. The summed E-state index contributed by atoms with van der Waals surface area (Å²) in [4.78, 5) is 40.9. The molecule has 9 heteroatoms. The quantitative estimate of drug-likeness (QED) is 0.215. The smallest absolute Gasteiger partial charge is 0.279 e. The number of benzene rings is 2. The number of allylic oxidation sites excluding steroid dienone is 1. The van der Waals surface area contributed by atoms with Crippen LogP contribution >= 0.6 is 0 Å². The van der Waals surface area contributed by atoms with Crippen molar-refractivity contribution in [1.29, 1.82) is 0 Å². The molecule has 0 radical (unpaired) electrons. The highest BCUT2D eigenvalue weighted by molar-refractivity contribution is 6.34. The van der Waals surface area contributed by atoms with Crippen LogP contribution in [0, 0.1) is 11.6 Å². The Labute approximate surface area is 216 Å². The number of fused-ring (bicyclic) bond motifs is 1. The number of halogens is 2. The summed E-state index contributed by atoms with van der Waals surface area (Å²) in [5.74, 6) is -2.57. The molecule has 0 aliphatic carbocycles. The van der Waals surface area contributed by atoms with Crippen LogP contribution in [0.5, 0.6) is 0 Å². The summed E-state index contributed by atoms with van der Waals surface area (Å²) in [5.41, 5.74) is 6.01. The van der Waals surface area contributed by atoms with Gasteiger partial charge in [0.2, 0.25) is 0 Å². The largest absolute Gasteiger partial charge is 0.362 e. The van der Waals surface area contributed by atoms with E-state index < -0.39 is 17.2 Å². The molecule has 2 aromatic heterocycles. The van der Waals surface area contributed by atoms with Crippen molar-refractivity contribution < 1.29 is 18.4 Å². The van der Waals surface area contributed by atoms with Crippen molar-refractivity contribution in [2.45, 2.75) is 12.8 Å². The number of ketones is 1. The molecule has 0 saturated heterocycles. The second kappa shape index (κ2) is 10.5. The van der Waals surface area contributed by atoms with Gasteiger partial charge < -0.3 is 10.3 Å². The van der Waals surface area contributed by atoms with Gasteiger partial charge in [-0.15, -0.1) is 0 Å². The number of Topliss-reactive ketones (excluding diaryl/α,β-unsaturated/α-hetero) is 1. The Morgan fingerprint density at radius 2 is 1.87 bits per heavy atom. The molecule has 190 valence electrons. The van der Waals surface area contributed by atoms with Gasteiger partial charge in [-0.1, -0.05) is 24.3 Å². The van der Waals surface area contributed by atoms with E-state index in [9.17, 15) is 23.2 Å². The van der Waals surface area contributed by atoms with Gasteiger partial charge in [-0.3, -0.25) is 19.8 Å². The Morgan fingerprint density at radius 1 is 1.00 bits per heavy atom. The first-order valence-corrected chi connectivity index (χ1v) is 11.8. The van der Waals surface area contributed by atoms with E-state index in [0.29, 0.717) is 17.7 Å². The van der Waals surface area contributed by atoms with Crippen LogP contribution in [0.2, 0.25) is 0 Å². The van der Waals surface area contributed by atoms with Crippen molar-refractivity contribution in [2.75, 3.05) is 10.7 Å². The van der Waals surface area contributed by atoms with Crippen LogP contribution in [0.15, 0.2) is 83.9 Å². The summed E-state index contributed by atoms with van der Waals surface area (Å²) >= 11 is 0. The monoisotopic (exact) mass is 512 g/mol. The Morgan fingerprint density at radius 3 is 2.66 bits per heavy atom. The third-order valence-electron chi connectivity index (χ3n) is 6.01. The number of aromatic amines is 1. The standard InChI is InChI=1S/C29H22F2N4O3/c30-24-12-10-20(17-25(24)31)34-35-14-4-7-22(29(35)38)27(36)8-2-1-5-18-9-11-21-23(16-19-6-3-13-32-19)28(37)33-26(21)15-18/h1,3-7,9-17,32,34H,2,8H2,(H,33,37)/b5-1+,23-16-. The van der Waals surface area contributed by atoms with E-state index in [4.69, 9.17) is 0 Å². The normalized spacial score (nSPS) is 13.6. The Kier molecular flexibility index (Phi) is 6.82. The molecule has 0 atom stereocenters. The van der Waals surface area contributed by atoms with Crippen molar-refractivity contribution in [3.05, 3.63) is 124 Å². The molecule has 5 rings (SSSR count). The number of rotatable bonds is 8. The first-order chi connectivity index (χ1) is 18.4. The molecule has 0 saturated carbocycles. The fraction of sp³-hybridized carbons (Fsp3) is 0.0690. The first-order valence-electron chi connectivity index (χ1n) is 11.8. The van der Waals surface area contributed by atoms with E-state index in [1.165, 1.54) is 24.4 Å². The predicted octanol–water partition coefficient (Wildman–Crippen LogP) is 5.50. The zero-order valence-electron chi connectivity index (χ0n) is 20.0. The number of hydrogen-bond donors (Lipinski definition) is 3. The maximum absolute atomic E-state index is 13.5. The number of nitrogens with one attached hydrogen (secondary N) is 3. The number of pyridine rings is 1. The molecule has 1 aliphatic rings. The number of aromatic nitrogens is 2. The molecule has 0 unspecified atom stereocenters. The number of amides is 1. The first kappa shape index (κ1) is 24.6. The van der Waals surface area contributed by atoms with Gasteiger partial charge in [-0.2, -0.15) is 0 Å². The van der Waals surface area contributed by atoms with E-state index in [1.807, 2.05) is 42.5 Å². The van der Waals surface area contributed by atoms with Crippen LogP contribution < -0.4 is 16.3 Å². The summed E-state index contributed by atoms with van der Waals surface area (Å²) in [6, 6.07) is 15.5. The highest BCUT2D eigenvalue weighted by Crippen LogP contribution is 2.34. The second-order valence-electron chi connectivity index (χ2n) is 8.64. The van der Waals surface area contributed by atoms with Crippen LogP contribution in [0.25, 0.3) is 17.7 Å². The topological polar surface area (TPSA) is 96.0 Å². The second-order valence-corrected chi connectivity index (χ2v) is 8.64. The number of nitrogens with zero attached hydrogens (tertiary/aromatic N) is 1. The molecule has 0 bridgehead atoms. The Hall–Kier alpha value is -5.05. The average Bonchev–Trinajstić information content (AvgIpc) is 3.53. The maximum atomic E-state index is 13.5. The number of hydrogen-bond acceptors (Lipinski definition) is 4. The van der Waals surface area contributed by atoms with E-state index in [1.54, 1.807) is 12.3 Å². The van der Waals surface area contributed by atoms with Crippen LogP contribution in [-0.4, -0.2) is 21.4 Å². The third kappa shape index (κ3) is 5.22. The molecule has 0 fully saturated rings. The summed E-state index contributed by atoms with van der Waals surface area (Å²) in [6.45, 7) is 0. The van der Waals surface area contributed by atoms with Crippen LogP contribution in [0.3, 0.4) is 0 Å². The van der Waals surface area contributed by atoms with Gasteiger partial charge >= 0.3 is 0 Å². The SMILES string of the molecule is O=C1Nc2cc(/C=C/CCC(=O)c3cccn(Nc4ccc(F)c(F)c4)c3=O)ccc2/C1=C/c1ccc[nH]1. The van der Waals surface area contributed by atoms with E-state index >= 15 is 0 Å². The van der Waals surface area contributed by atoms with Crippen molar-refractivity contribution >= 4 is 40.8 Å². The number of anilines is 2. The summed E-state index contributed by atoms with van der Waals surface area (Å²) in [6.07, 6.45) is 9.16. The third-order valence-corrected chi connectivity index (χ3v) is 6.01. The molecule has 38 heavy (non-hydrogen) atoms. The molecule has 0 spiro atoms. The lowest BCUT2D eigenvalue weighted by atomic mass is 10.0. The van der Waals surface area contributed by atoms with Gasteiger partial charge in [0, 0.05) is 41.8 Å². The van der Waals surface area contributed by atoms with Gasteiger partial charge in [0.1, 0.15) is 0 Å². The Balaban J connectivity index is 1.22. The van der Waals surface area contributed by atoms with Crippen molar-refractivity contribution in [1.82, 2.24) is 9.66 Å². The molecule has 7 nitrogen and oxygen atoms in total. The van der Waals surface area contributed by atoms with Gasteiger partial charge in [0.25, 0.3) is 11.5 Å². The lowest BCUT2D eigenvalue weighted by Gasteiger charge is -2.10. The average molecular weight is 513 g/mol. The van der Waals surface area contributed by atoms with Crippen LogP contribution in [0.1, 0.15) is 40.0 Å². The van der Waals surface area contributed by atoms with E-state index in [0.717, 1.165) is 33.6 Å². The van der Waals surface area contributed by atoms with Crippen molar-refractivity contribution in [3.8, 4) is 0 Å². The lowest BCUT2D eigenvalue weighted by molar-refractivity contribution is -0.110. The number of carbonyl (C=O) groups is 2. The minimum absolute atomic E-state index is 0.0161. The van der Waals surface area contributed by atoms with E-state index in [2.05, 4.69) is 15.7 Å². The maximum Gasteiger partial charge on any atom is 0.279 e. The van der Waals surface area contributed by atoms with Crippen LogP contribution in [0.4, 0.5) is 20.2 Å². The van der Waals surface area contributed by atoms with Gasteiger partial charge in [-0.25, -0.2) is 13.5 Å². The lowest BCUT2D eigenvalue weighted by Crippen LogP contribution is -2.30. The molecule has 4 aromatic rings. The zero-order chi connectivity index (χ0) is 26.6. The van der Waals surface area contributed by atoms with Crippen molar-refractivity contribution in [3.63, 3.8) is 0 Å². The summed E-state index contributed by atoms with van der Waals surface area (Å²) < 4.78 is 27.7. The molecular weight excluding hydrogens is 490 g/mol. The van der Waals surface area contributed by atoms with Crippen molar-refractivity contribution in [2.24, 2.45) is 0 Å². The fourth-order valence-corrected chi connectivity index (χ4v) is 4.12. The summed E-state index contributed by atoms with van der Waals surface area (Å²) in [5, 5.41) is 2.87. The molecule has 2 aromatic carbocycles. The van der Waals surface area contributed by atoms with Gasteiger partial charge in [-0.05, 0) is 60.5 Å². The van der Waals surface area contributed by atoms with Crippen LogP contribution in [-0.2, 0) is 4.79 Å². The highest BCUT2D eigenvalue weighted by Gasteiger charge is 2.24. The number of H-pyrrole nitrogens is 1. The minimum Gasteiger partial charge on any atom is -0.362 e. The fourth-order valence-electron chi connectivity index (χ4n) is 4.12. The molecular formula is C29H22F2N4O3. The number of carbonyl (C=O) groups excluding carboxylic acids is 2. The molecule has 1 amide bonds.